The number of aryl methyl sites for hydroxylation is 1. The number of hydrogen-bond donors (Lipinski definition) is 1. The van der Waals surface area contributed by atoms with Crippen LogP contribution in [0.25, 0.3) is 0 Å². The fourth-order valence-corrected chi connectivity index (χ4v) is 5.70. The fraction of sp³-hybridized carbons (Fsp3) is 0.407. The van der Waals surface area contributed by atoms with E-state index in [-0.39, 0.29) is 29.4 Å². The lowest BCUT2D eigenvalue weighted by Gasteiger charge is -2.43. The Morgan fingerprint density at radius 1 is 1.17 bits per heavy atom. The molecule has 2 aromatic heterocycles. The predicted molar refractivity (Wildman–Crippen MR) is 129 cm³/mol. The number of carbonyl (C=O) groups excluding carboxylic acids is 2. The Balaban J connectivity index is 1.37. The van der Waals surface area contributed by atoms with Crippen molar-refractivity contribution in [3.8, 4) is 0 Å². The second-order valence-corrected chi connectivity index (χ2v) is 9.31. The maximum atomic E-state index is 13.1. The van der Waals surface area contributed by atoms with Gasteiger partial charge in [-0.25, -0.2) is 0 Å². The molecule has 1 aliphatic carbocycles. The zero-order valence-electron chi connectivity index (χ0n) is 20.1. The van der Waals surface area contributed by atoms with Crippen molar-refractivity contribution < 1.29 is 18.8 Å². The average Bonchev–Trinajstić information content (AvgIpc) is 3.46. The first-order valence-electron chi connectivity index (χ1n) is 12.2. The third-order valence-electron chi connectivity index (χ3n) is 7.38. The van der Waals surface area contributed by atoms with Gasteiger partial charge in [-0.1, -0.05) is 36.3 Å². The monoisotopic (exact) mass is 474 g/mol. The van der Waals surface area contributed by atoms with E-state index in [0.29, 0.717) is 24.3 Å². The summed E-state index contributed by atoms with van der Waals surface area (Å²) in [6.07, 6.45) is 6.14. The van der Waals surface area contributed by atoms with Gasteiger partial charge in [0.25, 0.3) is 11.8 Å². The normalized spacial score (nSPS) is 20.6. The number of piperidine rings is 1. The van der Waals surface area contributed by atoms with E-state index in [1.165, 1.54) is 5.56 Å². The highest BCUT2D eigenvalue weighted by Crippen LogP contribution is 2.52. The number of fused-ring (bicyclic) bond motifs is 2. The molecule has 1 fully saturated rings. The van der Waals surface area contributed by atoms with Gasteiger partial charge in [0.15, 0.2) is 5.69 Å². The molecule has 5 rings (SSSR count). The molecule has 182 valence electrons. The Kier molecular flexibility index (Phi) is 6.38. The van der Waals surface area contributed by atoms with Gasteiger partial charge in [0.2, 0.25) is 0 Å². The van der Waals surface area contributed by atoms with Crippen molar-refractivity contribution in [1.29, 1.82) is 0 Å². The molecule has 3 aromatic rings. The minimum atomic E-state index is -0.296. The van der Waals surface area contributed by atoms with Crippen molar-refractivity contribution in [2.24, 2.45) is 0 Å². The van der Waals surface area contributed by atoms with E-state index in [0.717, 1.165) is 37.0 Å². The number of rotatable bonds is 6. The van der Waals surface area contributed by atoms with Gasteiger partial charge >= 0.3 is 0 Å². The molecular formula is C27H30N4O4. The molecule has 8 nitrogen and oxygen atoms in total. The van der Waals surface area contributed by atoms with Gasteiger partial charge in [0, 0.05) is 56.1 Å². The number of aromatic nitrogens is 2. The summed E-state index contributed by atoms with van der Waals surface area (Å²) < 4.78 is 11.4. The zero-order chi connectivity index (χ0) is 24.4. The van der Waals surface area contributed by atoms with Gasteiger partial charge in [0.1, 0.15) is 5.76 Å². The molecule has 0 saturated carbocycles. The van der Waals surface area contributed by atoms with Gasteiger partial charge in [-0.05, 0) is 42.5 Å². The molecule has 0 bridgehead atoms. The third-order valence-corrected chi connectivity index (χ3v) is 7.38. The number of benzene rings is 1. The Bertz CT molecular complexity index is 1200. The van der Waals surface area contributed by atoms with Crippen molar-refractivity contribution in [3.63, 3.8) is 0 Å². The van der Waals surface area contributed by atoms with Crippen molar-refractivity contribution in [2.75, 3.05) is 20.2 Å². The largest absolute Gasteiger partial charge is 0.378 e. The molecule has 2 atom stereocenters. The standard InChI is InChI=1S/C27H30N4O4/c1-3-6-19-17-22(30-35-19)26(33)31-15-11-27(12-16-31)21-8-5-4-7-20(21)23(24(27)34-2)29-25(32)18-9-13-28-14-10-18/h4-5,7-10,13-14,17,23-24H,3,6,11-12,15-16H2,1-2H3,(H,29,32)/t23-,24+/m1/s1. The summed E-state index contributed by atoms with van der Waals surface area (Å²) in [6.45, 7) is 3.22. The summed E-state index contributed by atoms with van der Waals surface area (Å²) in [6, 6.07) is 13.1. The van der Waals surface area contributed by atoms with Gasteiger partial charge in [-0.2, -0.15) is 0 Å². The Labute approximate surface area is 204 Å². The number of likely N-dealkylation sites (tertiary alicyclic amines) is 1. The molecule has 0 radical (unpaired) electrons. The van der Waals surface area contributed by atoms with Crippen molar-refractivity contribution in [3.05, 3.63) is 83.0 Å². The number of methoxy groups -OCH3 is 1. The predicted octanol–water partition coefficient (Wildman–Crippen LogP) is 3.70. The minimum Gasteiger partial charge on any atom is -0.378 e. The van der Waals surface area contributed by atoms with Crippen LogP contribution in [-0.4, -0.2) is 53.2 Å². The quantitative estimate of drug-likeness (QED) is 0.585. The second kappa shape index (κ2) is 9.62. The van der Waals surface area contributed by atoms with Crippen LogP contribution in [0.1, 0.15) is 70.0 Å². The number of pyridine rings is 1. The molecule has 1 aromatic carbocycles. The fourth-order valence-electron chi connectivity index (χ4n) is 5.70. The third kappa shape index (κ3) is 4.12. The van der Waals surface area contributed by atoms with Crippen molar-refractivity contribution >= 4 is 11.8 Å². The van der Waals surface area contributed by atoms with Crippen molar-refractivity contribution in [2.45, 2.75) is 50.2 Å². The summed E-state index contributed by atoms with van der Waals surface area (Å²) >= 11 is 0. The van der Waals surface area contributed by atoms with E-state index in [2.05, 4.69) is 34.5 Å². The molecular weight excluding hydrogens is 444 g/mol. The van der Waals surface area contributed by atoms with E-state index >= 15 is 0 Å². The summed E-state index contributed by atoms with van der Waals surface area (Å²) in [5.41, 5.74) is 2.88. The molecule has 35 heavy (non-hydrogen) atoms. The number of carbonyl (C=O) groups is 2. The second-order valence-electron chi connectivity index (χ2n) is 9.31. The van der Waals surface area contributed by atoms with Crippen LogP contribution in [0.5, 0.6) is 0 Å². The highest BCUT2D eigenvalue weighted by Gasteiger charge is 2.54. The van der Waals surface area contributed by atoms with Crippen molar-refractivity contribution in [1.82, 2.24) is 20.4 Å². The smallest absolute Gasteiger partial charge is 0.276 e. The molecule has 2 amide bonds. The molecule has 3 heterocycles. The lowest BCUT2D eigenvalue weighted by atomic mass is 9.71. The first-order chi connectivity index (χ1) is 17.1. The number of ether oxygens (including phenoxy) is 1. The molecule has 0 unspecified atom stereocenters. The maximum Gasteiger partial charge on any atom is 0.276 e. The minimum absolute atomic E-state index is 0.103. The van der Waals surface area contributed by atoms with E-state index in [1.54, 1.807) is 37.7 Å². The molecule has 8 heteroatoms. The van der Waals surface area contributed by atoms with Crippen LogP contribution in [0.4, 0.5) is 0 Å². The van der Waals surface area contributed by atoms with E-state index in [9.17, 15) is 9.59 Å². The highest BCUT2D eigenvalue weighted by atomic mass is 16.5. The zero-order valence-corrected chi connectivity index (χ0v) is 20.1. The van der Waals surface area contributed by atoms with Gasteiger partial charge in [-0.15, -0.1) is 0 Å². The van der Waals surface area contributed by atoms with Crippen LogP contribution in [0, 0.1) is 0 Å². The molecule has 1 saturated heterocycles. The Morgan fingerprint density at radius 3 is 2.63 bits per heavy atom. The first kappa shape index (κ1) is 23.2. The topological polar surface area (TPSA) is 97.6 Å². The highest BCUT2D eigenvalue weighted by molar-refractivity contribution is 5.94. The maximum absolute atomic E-state index is 13.1. The van der Waals surface area contributed by atoms with E-state index in [1.807, 2.05) is 17.0 Å². The van der Waals surface area contributed by atoms with E-state index in [4.69, 9.17) is 9.26 Å². The number of nitrogens with zero attached hydrogens (tertiary/aromatic N) is 3. The molecule has 1 N–H and O–H groups in total. The van der Waals surface area contributed by atoms with Gasteiger partial charge in [0.05, 0.1) is 12.1 Å². The SMILES string of the molecule is CCCc1cc(C(=O)N2CCC3(CC2)c2ccccc2[C@@H](NC(=O)c2ccncc2)[C@@H]3OC)no1. The summed E-state index contributed by atoms with van der Waals surface area (Å²) in [5, 5.41) is 7.20. The molecule has 2 aliphatic rings. The first-order valence-corrected chi connectivity index (χ1v) is 12.2. The van der Waals surface area contributed by atoms with Crippen LogP contribution >= 0.6 is 0 Å². The summed E-state index contributed by atoms with van der Waals surface area (Å²) in [4.78, 5) is 32.0. The summed E-state index contributed by atoms with van der Waals surface area (Å²) in [5.74, 6) is 0.475. The Morgan fingerprint density at radius 2 is 1.91 bits per heavy atom. The lowest BCUT2D eigenvalue weighted by molar-refractivity contribution is -0.00941. The molecule has 1 spiro atoms. The number of hydrogen-bond acceptors (Lipinski definition) is 6. The van der Waals surface area contributed by atoms with Crippen LogP contribution in [0.2, 0.25) is 0 Å². The van der Waals surface area contributed by atoms with Gasteiger partial charge < -0.3 is 19.5 Å². The van der Waals surface area contributed by atoms with Crippen LogP contribution in [0.3, 0.4) is 0 Å². The van der Waals surface area contributed by atoms with Crippen LogP contribution in [0.15, 0.2) is 59.4 Å². The number of nitrogens with one attached hydrogen (secondary N) is 1. The van der Waals surface area contributed by atoms with Crippen LogP contribution < -0.4 is 5.32 Å². The number of amides is 2. The summed E-state index contributed by atoms with van der Waals surface area (Å²) in [7, 11) is 1.70. The lowest BCUT2D eigenvalue weighted by Crippen LogP contribution is -2.51. The van der Waals surface area contributed by atoms with Crippen LogP contribution in [-0.2, 0) is 16.6 Å². The van der Waals surface area contributed by atoms with Gasteiger partial charge in [-0.3, -0.25) is 14.6 Å². The average molecular weight is 475 g/mol. The van der Waals surface area contributed by atoms with E-state index < -0.39 is 0 Å². The molecule has 1 aliphatic heterocycles. The Hall–Kier alpha value is -3.52.